The van der Waals surface area contributed by atoms with Crippen LogP contribution in [0.2, 0.25) is 0 Å². The second-order valence-corrected chi connectivity index (χ2v) is 4.29. The van der Waals surface area contributed by atoms with Gasteiger partial charge in [0.1, 0.15) is 6.42 Å². The number of allylic oxidation sites excluding steroid dienone is 1. The molecule has 10 heteroatoms. The molecule has 1 unspecified atom stereocenters. The molecule has 1 heterocycles. The molecule has 118 valence electrons. The standard InChI is InChI=1S/C10H9F9O/c11-7(12,3-1-2-6-4-20-6)10(18,19)8(13,14)5-9(15,16)17/h1,3,6H,2,4-5H2. The molecule has 1 saturated heterocycles. The largest absolute Gasteiger partial charge is 0.395 e. The van der Waals surface area contributed by atoms with Gasteiger partial charge in [-0.3, -0.25) is 0 Å². The SMILES string of the molecule is FC(F)(F)CC(F)(F)C(F)(F)C(F)(F)C=CCC1CO1. The third-order valence-corrected chi connectivity index (χ3v) is 2.43. The minimum absolute atomic E-state index is 0.212. The monoisotopic (exact) mass is 316 g/mol. The highest BCUT2D eigenvalue weighted by atomic mass is 19.4. The Morgan fingerprint density at radius 2 is 1.45 bits per heavy atom. The second-order valence-electron chi connectivity index (χ2n) is 4.29. The summed E-state index contributed by atoms with van der Waals surface area (Å²) in [5, 5.41) is 0. The average molecular weight is 316 g/mol. The number of alkyl halides is 9. The average Bonchev–Trinajstić information content (AvgIpc) is 2.96. The van der Waals surface area contributed by atoms with E-state index in [-0.39, 0.29) is 13.0 Å². The molecule has 0 N–H and O–H groups in total. The first-order valence-corrected chi connectivity index (χ1v) is 5.28. The maximum absolute atomic E-state index is 13.0. The summed E-state index contributed by atoms with van der Waals surface area (Å²) >= 11 is 0. The Balaban J connectivity index is 2.84. The minimum Gasteiger partial charge on any atom is -0.373 e. The normalized spacial score (nSPS) is 21.6. The zero-order chi connectivity index (χ0) is 15.8. The van der Waals surface area contributed by atoms with E-state index in [1.54, 1.807) is 0 Å². The van der Waals surface area contributed by atoms with Gasteiger partial charge in [-0.15, -0.1) is 0 Å². The van der Waals surface area contributed by atoms with Gasteiger partial charge in [0.2, 0.25) is 0 Å². The summed E-state index contributed by atoms with van der Waals surface area (Å²) in [5.74, 6) is -17.5. The van der Waals surface area contributed by atoms with E-state index in [0.717, 1.165) is 0 Å². The summed E-state index contributed by atoms with van der Waals surface area (Å²) in [5.41, 5.74) is 0. The van der Waals surface area contributed by atoms with Crippen LogP contribution in [0.3, 0.4) is 0 Å². The summed E-state index contributed by atoms with van der Waals surface area (Å²) in [7, 11) is 0. The number of ether oxygens (including phenoxy) is 1. The van der Waals surface area contributed by atoms with Gasteiger partial charge >= 0.3 is 23.9 Å². The van der Waals surface area contributed by atoms with Crippen LogP contribution >= 0.6 is 0 Å². The van der Waals surface area contributed by atoms with Gasteiger partial charge in [-0.05, 0) is 12.5 Å². The first kappa shape index (κ1) is 17.1. The van der Waals surface area contributed by atoms with Gasteiger partial charge in [-0.2, -0.15) is 39.5 Å². The molecular weight excluding hydrogens is 307 g/mol. The highest BCUT2D eigenvalue weighted by Crippen LogP contribution is 2.50. The van der Waals surface area contributed by atoms with E-state index >= 15 is 0 Å². The molecule has 0 radical (unpaired) electrons. The maximum atomic E-state index is 13.0. The van der Waals surface area contributed by atoms with Crippen molar-refractivity contribution in [3.63, 3.8) is 0 Å². The Bertz CT molecular complexity index is 367. The summed E-state index contributed by atoms with van der Waals surface area (Å²) in [6, 6.07) is 0. The van der Waals surface area contributed by atoms with Gasteiger partial charge in [-0.25, -0.2) is 0 Å². The van der Waals surface area contributed by atoms with Crippen LogP contribution in [0.15, 0.2) is 12.2 Å². The molecular formula is C10H9F9O. The molecule has 0 aliphatic carbocycles. The molecule has 1 atom stereocenters. The van der Waals surface area contributed by atoms with Gasteiger partial charge in [0.25, 0.3) is 0 Å². The Labute approximate surface area is 107 Å². The lowest BCUT2D eigenvalue weighted by molar-refractivity contribution is -0.318. The van der Waals surface area contributed by atoms with Crippen LogP contribution < -0.4 is 0 Å². The van der Waals surface area contributed by atoms with E-state index in [1.807, 2.05) is 0 Å². The Hall–Kier alpha value is -0.930. The van der Waals surface area contributed by atoms with Gasteiger partial charge in [0.15, 0.2) is 0 Å². The van der Waals surface area contributed by atoms with Gasteiger partial charge in [-0.1, -0.05) is 6.08 Å². The topological polar surface area (TPSA) is 12.5 Å². The van der Waals surface area contributed by atoms with E-state index in [9.17, 15) is 39.5 Å². The van der Waals surface area contributed by atoms with Crippen molar-refractivity contribution in [3.8, 4) is 0 Å². The van der Waals surface area contributed by atoms with Crippen LogP contribution in [0.1, 0.15) is 12.8 Å². The van der Waals surface area contributed by atoms with Crippen molar-refractivity contribution in [3.05, 3.63) is 12.2 Å². The third kappa shape index (κ3) is 4.03. The van der Waals surface area contributed by atoms with Crippen LogP contribution in [0.4, 0.5) is 39.5 Å². The predicted octanol–water partition coefficient (Wildman–Crippen LogP) is 4.19. The fraction of sp³-hybridized carbons (Fsp3) is 0.800. The van der Waals surface area contributed by atoms with Gasteiger partial charge in [0.05, 0.1) is 12.7 Å². The van der Waals surface area contributed by atoms with E-state index < -0.39 is 42.5 Å². The molecule has 0 amide bonds. The first-order valence-electron chi connectivity index (χ1n) is 5.28. The number of hydrogen-bond donors (Lipinski definition) is 0. The molecule has 0 aromatic carbocycles. The predicted molar refractivity (Wildman–Crippen MR) is 49.0 cm³/mol. The summed E-state index contributed by atoms with van der Waals surface area (Å²) in [4.78, 5) is 0. The highest BCUT2D eigenvalue weighted by molar-refractivity contribution is 5.09. The molecule has 20 heavy (non-hydrogen) atoms. The van der Waals surface area contributed by atoms with Crippen molar-refractivity contribution < 1.29 is 44.3 Å². The zero-order valence-corrected chi connectivity index (χ0v) is 9.66. The van der Waals surface area contributed by atoms with E-state index in [0.29, 0.717) is 6.08 Å². The number of hydrogen-bond acceptors (Lipinski definition) is 1. The number of rotatable bonds is 6. The van der Waals surface area contributed by atoms with Crippen molar-refractivity contribution in [1.82, 2.24) is 0 Å². The minimum atomic E-state index is -6.16. The molecule has 1 rings (SSSR count). The Kier molecular flexibility index (Phi) is 4.38. The van der Waals surface area contributed by atoms with Crippen LogP contribution in [-0.2, 0) is 4.74 Å². The lowest BCUT2D eigenvalue weighted by Crippen LogP contribution is -2.54. The van der Waals surface area contributed by atoms with Gasteiger partial charge < -0.3 is 4.74 Å². The van der Waals surface area contributed by atoms with Crippen LogP contribution in [0, 0.1) is 0 Å². The summed E-state index contributed by atoms with van der Waals surface area (Å²) < 4.78 is 117. The Morgan fingerprint density at radius 3 is 1.85 bits per heavy atom. The third-order valence-electron chi connectivity index (χ3n) is 2.43. The lowest BCUT2D eigenvalue weighted by atomic mass is 10.0. The van der Waals surface area contributed by atoms with Crippen molar-refractivity contribution in [2.75, 3.05) is 6.61 Å². The summed E-state index contributed by atoms with van der Waals surface area (Å²) in [6.45, 7) is 0.219. The van der Waals surface area contributed by atoms with Gasteiger partial charge in [0, 0.05) is 0 Å². The molecule has 1 aliphatic rings. The van der Waals surface area contributed by atoms with Crippen LogP contribution in [0.25, 0.3) is 0 Å². The van der Waals surface area contributed by atoms with Crippen LogP contribution in [0.5, 0.6) is 0 Å². The van der Waals surface area contributed by atoms with E-state index in [2.05, 4.69) is 4.74 Å². The molecule has 1 fully saturated rings. The van der Waals surface area contributed by atoms with Crippen molar-refractivity contribution in [2.45, 2.75) is 42.9 Å². The maximum Gasteiger partial charge on any atom is 0.395 e. The first-order chi connectivity index (χ1) is 8.79. The second kappa shape index (κ2) is 5.12. The van der Waals surface area contributed by atoms with E-state index in [1.165, 1.54) is 0 Å². The zero-order valence-electron chi connectivity index (χ0n) is 9.66. The van der Waals surface area contributed by atoms with Crippen molar-refractivity contribution in [1.29, 1.82) is 0 Å². The van der Waals surface area contributed by atoms with Crippen molar-refractivity contribution >= 4 is 0 Å². The molecule has 0 spiro atoms. The number of halogens is 9. The smallest absolute Gasteiger partial charge is 0.373 e. The molecule has 1 aliphatic heterocycles. The fourth-order valence-electron chi connectivity index (χ4n) is 1.28. The van der Waals surface area contributed by atoms with Crippen LogP contribution in [-0.4, -0.2) is 36.7 Å². The lowest BCUT2D eigenvalue weighted by Gasteiger charge is -2.31. The molecule has 0 aromatic rings. The fourth-order valence-corrected chi connectivity index (χ4v) is 1.28. The molecule has 1 nitrogen and oxygen atoms in total. The Morgan fingerprint density at radius 1 is 0.950 bits per heavy atom. The highest BCUT2D eigenvalue weighted by Gasteiger charge is 2.72. The summed E-state index contributed by atoms with van der Waals surface area (Å²) in [6.07, 6.45) is -9.73. The number of epoxide rings is 1. The molecule has 0 aromatic heterocycles. The molecule has 0 bridgehead atoms. The molecule has 0 saturated carbocycles. The van der Waals surface area contributed by atoms with E-state index in [4.69, 9.17) is 0 Å². The quantitative estimate of drug-likeness (QED) is 0.407. The van der Waals surface area contributed by atoms with Crippen molar-refractivity contribution in [2.24, 2.45) is 0 Å².